The summed E-state index contributed by atoms with van der Waals surface area (Å²) in [6, 6.07) is 0. The van der Waals surface area contributed by atoms with Crippen LogP contribution in [0.25, 0.3) is 16.8 Å². The van der Waals surface area contributed by atoms with E-state index in [2.05, 4.69) is 25.1 Å². The zero-order valence-electron chi connectivity index (χ0n) is 13.0. The first-order chi connectivity index (χ1) is 11.0. The number of ether oxygens (including phenoxy) is 2. The lowest BCUT2D eigenvalue weighted by Gasteiger charge is -1.99. The summed E-state index contributed by atoms with van der Waals surface area (Å²) in [6.45, 7) is 1.68. The van der Waals surface area contributed by atoms with Crippen LogP contribution in [0.4, 0.5) is 0 Å². The zero-order valence-corrected chi connectivity index (χ0v) is 13.0. The van der Waals surface area contributed by atoms with Crippen molar-refractivity contribution in [1.29, 1.82) is 0 Å². The number of rotatable bonds is 3. The number of carbonyl (C=O) groups excluding carboxylic acids is 2. The van der Waals surface area contributed by atoms with Crippen LogP contribution in [0.2, 0.25) is 0 Å². The van der Waals surface area contributed by atoms with Crippen LogP contribution in [0.3, 0.4) is 0 Å². The molecule has 10 heteroatoms. The highest BCUT2D eigenvalue weighted by Gasteiger charge is 2.24. The summed E-state index contributed by atoms with van der Waals surface area (Å²) >= 11 is 0. The maximum Gasteiger partial charge on any atom is 0.343 e. The predicted molar refractivity (Wildman–Crippen MR) is 76.9 cm³/mol. The Balaban J connectivity index is 2.28. The fourth-order valence-electron chi connectivity index (χ4n) is 2.42. The lowest BCUT2D eigenvalue weighted by Crippen LogP contribution is -2.06. The summed E-state index contributed by atoms with van der Waals surface area (Å²) in [5, 5.41) is 16.7. The first kappa shape index (κ1) is 14.9. The van der Waals surface area contributed by atoms with Gasteiger partial charge in [0.05, 0.1) is 26.3 Å². The molecule has 0 unspecified atom stereocenters. The molecular weight excluding hydrogens is 304 g/mol. The largest absolute Gasteiger partial charge is 0.469 e. The normalized spacial score (nSPS) is 11.1. The number of aromatic nitrogens is 6. The number of methoxy groups -OCH3 is 2. The SMILES string of the molecule is COC(=O)Cc1nn(C)c2c1nnc1c(C(=O)OC)c(C)nn12. The number of nitrogens with zero attached hydrogens (tertiary/aromatic N) is 6. The van der Waals surface area contributed by atoms with Gasteiger partial charge in [0, 0.05) is 7.05 Å². The van der Waals surface area contributed by atoms with Crippen LogP contribution in [0.15, 0.2) is 0 Å². The molecule has 0 fully saturated rings. The van der Waals surface area contributed by atoms with E-state index in [4.69, 9.17) is 4.74 Å². The maximum absolute atomic E-state index is 11.9. The number of fused-ring (bicyclic) bond motifs is 3. The van der Waals surface area contributed by atoms with Crippen molar-refractivity contribution in [2.24, 2.45) is 7.05 Å². The van der Waals surface area contributed by atoms with Gasteiger partial charge in [0.15, 0.2) is 16.8 Å². The number of hydrogen-bond acceptors (Lipinski definition) is 8. The molecule has 0 bridgehead atoms. The average Bonchev–Trinajstić information content (AvgIpc) is 3.03. The monoisotopic (exact) mass is 318 g/mol. The predicted octanol–water partition coefficient (Wildman–Crippen LogP) is -0.178. The third kappa shape index (κ3) is 2.18. The van der Waals surface area contributed by atoms with Gasteiger partial charge in [0.1, 0.15) is 11.3 Å². The molecule has 0 N–H and O–H groups in total. The minimum atomic E-state index is -0.539. The van der Waals surface area contributed by atoms with E-state index in [0.29, 0.717) is 22.6 Å². The summed E-state index contributed by atoms with van der Waals surface area (Å²) in [6.07, 6.45) is -0.0296. The van der Waals surface area contributed by atoms with E-state index in [-0.39, 0.29) is 17.6 Å². The number of hydrogen-bond donors (Lipinski definition) is 0. The van der Waals surface area contributed by atoms with Crippen molar-refractivity contribution in [3.63, 3.8) is 0 Å². The summed E-state index contributed by atoms with van der Waals surface area (Å²) in [7, 11) is 4.28. The van der Waals surface area contributed by atoms with Crippen molar-refractivity contribution in [3.8, 4) is 0 Å². The van der Waals surface area contributed by atoms with Crippen molar-refractivity contribution in [1.82, 2.24) is 29.6 Å². The van der Waals surface area contributed by atoms with Crippen molar-refractivity contribution in [3.05, 3.63) is 17.0 Å². The Morgan fingerprint density at radius 1 is 1.13 bits per heavy atom. The molecule has 0 aliphatic heterocycles. The van der Waals surface area contributed by atoms with E-state index in [0.717, 1.165) is 0 Å². The molecule has 0 amide bonds. The van der Waals surface area contributed by atoms with E-state index in [1.807, 2.05) is 0 Å². The highest BCUT2D eigenvalue weighted by atomic mass is 16.5. The summed E-state index contributed by atoms with van der Waals surface area (Å²) in [5.41, 5.74) is 2.36. The molecule has 3 aromatic heterocycles. The molecule has 0 spiro atoms. The van der Waals surface area contributed by atoms with Crippen LogP contribution in [-0.4, -0.2) is 55.8 Å². The summed E-state index contributed by atoms with van der Waals surface area (Å²) < 4.78 is 12.4. The van der Waals surface area contributed by atoms with Crippen molar-refractivity contribution < 1.29 is 19.1 Å². The van der Waals surface area contributed by atoms with Crippen molar-refractivity contribution >= 4 is 28.7 Å². The molecule has 0 aliphatic rings. The third-order valence-electron chi connectivity index (χ3n) is 3.47. The Kier molecular flexibility index (Phi) is 3.43. The molecule has 0 radical (unpaired) electrons. The minimum Gasteiger partial charge on any atom is -0.469 e. The number of carbonyl (C=O) groups is 2. The van der Waals surface area contributed by atoms with Crippen LogP contribution in [0.5, 0.6) is 0 Å². The molecule has 0 aliphatic carbocycles. The molecule has 120 valence electrons. The second-order valence-corrected chi connectivity index (χ2v) is 4.88. The first-order valence-electron chi connectivity index (χ1n) is 6.70. The molecule has 3 aromatic rings. The van der Waals surface area contributed by atoms with Crippen LogP contribution in [0, 0.1) is 6.92 Å². The minimum absolute atomic E-state index is 0.0296. The summed E-state index contributed by atoms with van der Waals surface area (Å²) in [4.78, 5) is 23.4. The third-order valence-corrected chi connectivity index (χ3v) is 3.47. The molecule has 10 nitrogen and oxygen atoms in total. The molecule has 3 rings (SSSR count). The van der Waals surface area contributed by atoms with Crippen molar-refractivity contribution in [2.45, 2.75) is 13.3 Å². The van der Waals surface area contributed by atoms with E-state index >= 15 is 0 Å². The highest BCUT2D eigenvalue weighted by Crippen LogP contribution is 2.21. The van der Waals surface area contributed by atoms with Gasteiger partial charge in [-0.25, -0.2) is 9.48 Å². The molecule has 0 saturated heterocycles. The fourth-order valence-corrected chi connectivity index (χ4v) is 2.42. The van der Waals surface area contributed by atoms with E-state index in [1.165, 1.54) is 23.4 Å². The quantitative estimate of drug-likeness (QED) is 0.611. The fraction of sp³-hybridized carbons (Fsp3) is 0.385. The Labute approximate surface area is 130 Å². The highest BCUT2D eigenvalue weighted by molar-refractivity contribution is 5.98. The number of esters is 2. The molecule has 0 saturated carbocycles. The van der Waals surface area contributed by atoms with E-state index < -0.39 is 11.9 Å². The van der Waals surface area contributed by atoms with Crippen LogP contribution in [0.1, 0.15) is 21.7 Å². The smallest absolute Gasteiger partial charge is 0.343 e. The second-order valence-electron chi connectivity index (χ2n) is 4.88. The van der Waals surface area contributed by atoms with Gasteiger partial charge in [-0.3, -0.25) is 4.79 Å². The Morgan fingerprint density at radius 2 is 1.87 bits per heavy atom. The first-order valence-corrected chi connectivity index (χ1v) is 6.70. The Bertz CT molecular complexity index is 941. The maximum atomic E-state index is 11.9. The van der Waals surface area contributed by atoms with Gasteiger partial charge in [0.2, 0.25) is 0 Å². The lowest BCUT2D eigenvalue weighted by atomic mass is 10.2. The Morgan fingerprint density at radius 3 is 2.52 bits per heavy atom. The number of aryl methyl sites for hydroxylation is 2. The zero-order chi connectivity index (χ0) is 16.7. The van der Waals surface area contributed by atoms with Gasteiger partial charge >= 0.3 is 11.9 Å². The second kappa shape index (κ2) is 5.30. The molecule has 0 aromatic carbocycles. The van der Waals surface area contributed by atoms with Crippen LogP contribution in [-0.2, 0) is 27.7 Å². The van der Waals surface area contributed by atoms with Crippen LogP contribution >= 0.6 is 0 Å². The van der Waals surface area contributed by atoms with Gasteiger partial charge < -0.3 is 9.47 Å². The molecule has 0 atom stereocenters. The standard InChI is InChI=1S/C13H14N6O4/c1-6-9(13(21)23-4)11-15-14-10-7(5-8(20)22-3)17-18(2)12(10)19(11)16-6/h5H2,1-4H3. The lowest BCUT2D eigenvalue weighted by molar-refractivity contribution is -0.139. The summed E-state index contributed by atoms with van der Waals surface area (Å²) in [5.74, 6) is -0.970. The van der Waals surface area contributed by atoms with Gasteiger partial charge in [0.25, 0.3) is 0 Å². The van der Waals surface area contributed by atoms with Crippen molar-refractivity contribution in [2.75, 3.05) is 14.2 Å². The van der Waals surface area contributed by atoms with Gasteiger partial charge in [-0.15, -0.1) is 10.2 Å². The van der Waals surface area contributed by atoms with Gasteiger partial charge in [-0.1, -0.05) is 0 Å². The molecular formula is C13H14N6O4. The van der Waals surface area contributed by atoms with Gasteiger partial charge in [-0.05, 0) is 6.92 Å². The topological polar surface area (TPSA) is 114 Å². The Hall–Kier alpha value is -3.04. The molecule has 23 heavy (non-hydrogen) atoms. The van der Waals surface area contributed by atoms with Gasteiger partial charge in [-0.2, -0.15) is 14.7 Å². The van der Waals surface area contributed by atoms with Crippen LogP contribution < -0.4 is 0 Å². The van der Waals surface area contributed by atoms with E-state index in [1.54, 1.807) is 14.0 Å². The molecule has 3 heterocycles. The van der Waals surface area contributed by atoms with E-state index in [9.17, 15) is 9.59 Å². The average molecular weight is 318 g/mol.